The third-order valence-electron chi connectivity index (χ3n) is 4.56. The van der Waals surface area contributed by atoms with E-state index in [2.05, 4.69) is 55.7 Å². The first kappa shape index (κ1) is 14.7. The number of fused-ring (bicyclic) bond motifs is 2. The number of ether oxygens (including phenoxy) is 1. The fourth-order valence-electron chi connectivity index (χ4n) is 3.22. The van der Waals surface area contributed by atoms with E-state index in [9.17, 15) is 0 Å². The predicted molar refractivity (Wildman–Crippen MR) is 101 cm³/mol. The molecule has 2 aromatic heterocycles. The van der Waals surface area contributed by atoms with Gasteiger partial charge in [0.1, 0.15) is 12.1 Å². The van der Waals surface area contributed by atoms with Crippen LogP contribution in [0.15, 0.2) is 60.9 Å². The Morgan fingerprint density at radius 2 is 1.69 bits per heavy atom. The minimum absolute atomic E-state index is 0.671. The molecule has 0 fully saturated rings. The second-order valence-electron chi connectivity index (χ2n) is 6.08. The maximum atomic E-state index is 5.30. The van der Waals surface area contributed by atoms with E-state index < -0.39 is 0 Å². The molecule has 0 saturated heterocycles. The van der Waals surface area contributed by atoms with Crippen molar-refractivity contribution in [3.05, 3.63) is 60.9 Å². The van der Waals surface area contributed by atoms with Gasteiger partial charge in [-0.1, -0.05) is 18.2 Å². The molecule has 5 rings (SSSR count). The SMILES string of the molecule is COc1ccc2cc(-c3n[nH]c4ccc(-c5nc[nH]n5)cc34)ccc2c1. The van der Waals surface area contributed by atoms with Crippen molar-refractivity contribution in [2.24, 2.45) is 0 Å². The van der Waals surface area contributed by atoms with Crippen molar-refractivity contribution >= 4 is 21.7 Å². The molecule has 0 spiro atoms. The quantitative estimate of drug-likeness (QED) is 0.516. The Morgan fingerprint density at radius 1 is 0.846 bits per heavy atom. The van der Waals surface area contributed by atoms with E-state index in [1.165, 1.54) is 0 Å². The van der Waals surface area contributed by atoms with Gasteiger partial charge in [-0.25, -0.2) is 4.98 Å². The Morgan fingerprint density at radius 3 is 2.54 bits per heavy atom. The number of H-pyrrole nitrogens is 2. The molecule has 6 nitrogen and oxygen atoms in total. The lowest BCUT2D eigenvalue weighted by Gasteiger charge is -2.05. The molecule has 0 aliphatic rings. The zero-order chi connectivity index (χ0) is 17.5. The summed E-state index contributed by atoms with van der Waals surface area (Å²) in [4.78, 5) is 4.23. The van der Waals surface area contributed by atoms with Gasteiger partial charge in [-0.2, -0.15) is 10.2 Å². The van der Waals surface area contributed by atoms with Crippen molar-refractivity contribution in [1.29, 1.82) is 0 Å². The van der Waals surface area contributed by atoms with Crippen LogP contribution in [-0.4, -0.2) is 32.5 Å². The summed E-state index contributed by atoms with van der Waals surface area (Å²) in [5.41, 5.74) is 3.90. The molecule has 3 aromatic carbocycles. The van der Waals surface area contributed by atoms with E-state index in [-0.39, 0.29) is 0 Å². The first-order valence-electron chi connectivity index (χ1n) is 8.24. The number of benzene rings is 3. The molecule has 0 saturated carbocycles. The Hall–Kier alpha value is -3.67. The van der Waals surface area contributed by atoms with Crippen LogP contribution in [0, 0.1) is 0 Å². The Kier molecular flexibility index (Phi) is 3.21. The Balaban J connectivity index is 1.66. The molecule has 6 heteroatoms. The van der Waals surface area contributed by atoms with Crippen LogP contribution in [0.25, 0.3) is 44.3 Å². The van der Waals surface area contributed by atoms with E-state index in [0.717, 1.165) is 44.2 Å². The van der Waals surface area contributed by atoms with Gasteiger partial charge in [0.2, 0.25) is 0 Å². The lowest BCUT2D eigenvalue weighted by molar-refractivity contribution is 0.415. The Labute approximate surface area is 148 Å². The highest BCUT2D eigenvalue weighted by Crippen LogP contribution is 2.32. The van der Waals surface area contributed by atoms with Crippen LogP contribution in [0.5, 0.6) is 5.75 Å². The Bertz CT molecular complexity index is 1220. The van der Waals surface area contributed by atoms with Crippen molar-refractivity contribution in [2.75, 3.05) is 7.11 Å². The summed E-state index contributed by atoms with van der Waals surface area (Å²) >= 11 is 0. The first-order chi connectivity index (χ1) is 12.8. The van der Waals surface area contributed by atoms with Gasteiger partial charge in [-0.3, -0.25) is 10.2 Å². The lowest BCUT2D eigenvalue weighted by atomic mass is 10.0. The number of methoxy groups -OCH3 is 1. The summed E-state index contributed by atoms with van der Waals surface area (Å²) < 4.78 is 5.30. The van der Waals surface area contributed by atoms with Crippen molar-refractivity contribution in [1.82, 2.24) is 25.4 Å². The van der Waals surface area contributed by atoms with Crippen LogP contribution in [0.2, 0.25) is 0 Å². The number of aromatic amines is 2. The van der Waals surface area contributed by atoms with Crippen LogP contribution in [0.3, 0.4) is 0 Å². The van der Waals surface area contributed by atoms with Gasteiger partial charge in [0.15, 0.2) is 5.82 Å². The largest absolute Gasteiger partial charge is 0.497 e. The van der Waals surface area contributed by atoms with E-state index in [1.54, 1.807) is 13.4 Å². The van der Waals surface area contributed by atoms with Crippen LogP contribution in [0.1, 0.15) is 0 Å². The fourth-order valence-corrected chi connectivity index (χ4v) is 3.22. The molecule has 26 heavy (non-hydrogen) atoms. The number of nitrogens with zero attached hydrogens (tertiary/aromatic N) is 3. The average molecular weight is 341 g/mol. The van der Waals surface area contributed by atoms with Crippen molar-refractivity contribution in [2.45, 2.75) is 0 Å². The highest BCUT2D eigenvalue weighted by atomic mass is 16.5. The number of rotatable bonds is 3. The summed E-state index contributed by atoms with van der Waals surface area (Å²) in [6.45, 7) is 0. The van der Waals surface area contributed by atoms with Gasteiger partial charge >= 0.3 is 0 Å². The maximum Gasteiger partial charge on any atom is 0.180 e. The monoisotopic (exact) mass is 341 g/mol. The number of aromatic nitrogens is 5. The van der Waals surface area contributed by atoms with Gasteiger partial charge in [-0.05, 0) is 47.2 Å². The van der Waals surface area contributed by atoms with Gasteiger partial charge in [0, 0.05) is 16.5 Å². The van der Waals surface area contributed by atoms with E-state index in [4.69, 9.17) is 4.74 Å². The third-order valence-corrected chi connectivity index (χ3v) is 4.56. The topological polar surface area (TPSA) is 79.5 Å². The fraction of sp³-hybridized carbons (Fsp3) is 0.0500. The number of hydrogen-bond donors (Lipinski definition) is 2. The second-order valence-corrected chi connectivity index (χ2v) is 6.08. The molecular formula is C20H15N5O. The smallest absolute Gasteiger partial charge is 0.180 e. The van der Waals surface area contributed by atoms with Gasteiger partial charge in [0.05, 0.1) is 18.3 Å². The minimum atomic E-state index is 0.671. The molecule has 0 bridgehead atoms. The zero-order valence-corrected chi connectivity index (χ0v) is 14.0. The van der Waals surface area contributed by atoms with Gasteiger partial charge in [-0.15, -0.1) is 0 Å². The van der Waals surface area contributed by atoms with Crippen LogP contribution in [0.4, 0.5) is 0 Å². The molecule has 0 unspecified atom stereocenters. The lowest BCUT2D eigenvalue weighted by Crippen LogP contribution is -1.84. The highest BCUT2D eigenvalue weighted by molar-refractivity contribution is 5.97. The summed E-state index contributed by atoms with van der Waals surface area (Å²) in [6.07, 6.45) is 1.58. The molecule has 0 atom stereocenters. The molecule has 0 aliphatic heterocycles. The predicted octanol–water partition coefficient (Wildman–Crippen LogP) is 4.18. The molecule has 0 radical (unpaired) electrons. The molecule has 126 valence electrons. The summed E-state index contributed by atoms with van der Waals surface area (Å²) in [5.74, 6) is 1.52. The van der Waals surface area contributed by atoms with E-state index in [0.29, 0.717) is 5.82 Å². The van der Waals surface area contributed by atoms with Gasteiger partial charge < -0.3 is 4.74 Å². The molecule has 0 amide bonds. The maximum absolute atomic E-state index is 5.30. The molecule has 2 N–H and O–H groups in total. The normalized spacial score (nSPS) is 11.3. The minimum Gasteiger partial charge on any atom is -0.497 e. The van der Waals surface area contributed by atoms with Crippen molar-refractivity contribution in [3.63, 3.8) is 0 Å². The van der Waals surface area contributed by atoms with Crippen molar-refractivity contribution < 1.29 is 4.74 Å². The van der Waals surface area contributed by atoms with E-state index in [1.807, 2.05) is 24.3 Å². The number of nitrogens with one attached hydrogen (secondary N) is 2. The molecule has 2 heterocycles. The molecular weight excluding hydrogens is 326 g/mol. The average Bonchev–Trinajstić information content (AvgIpc) is 3.36. The van der Waals surface area contributed by atoms with Crippen LogP contribution in [-0.2, 0) is 0 Å². The van der Waals surface area contributed by atoms with Crippen LogP contribution >= 0.6 is 0 Å². The molecule has 5 aromatic rings. The summed E-state index contributed by atoms with van der Waals surface area (Å²) in [6, 6.07) is 18.4. The zero-order valence-electron chi connectivity index (χ0n) is 14.0. The third kappa shape index (κ3) is 2.31. The van der Waals surface area contributed by atoms with Gasteiger partial charge in [0.25, 0.3) is 0 Å². The van der Waals surface area contributed by atoms with Crippen LogP contribution < -0.4 is 4.74 Å². The second kappa shape index (κ2) is 5.70. The number of hydrogen-bond acceptors (Lipinski definition) is 4. The first-order valence-corrected chi connectivity index (χ1v) is 8.24. The van der Waals surface area contributed by atoms with Crippen molar-refractivity contribution in [3.8, 4) is 28.4 Å². The molecule has 0 aliphatic carbocycles. The highest BCUT2D eigenvalue weighted by Gasteiger charge is 2.11. The standard InChI is InChI=1S/C20H15N5O/c1-26-16-6-4-12-8-14(3-2-13(12)9-16)19-17-10-15(20-21-11-22-25-20)5-7-18(17)23-24-19/h2-11H,1H3,(H,23,24)(H,21,22,25). The van der Waals surface area contributed by atoms with E-state index >= 15 is 0 Å². The summed E-state index contributed by atoms with van der Waals surface area (Å²) in [7, 11) is 1.68. The summed E-state index contributed by atoms with van der Waals surface area (Å²) in [5, 5.41) is 17.9.